The van der Waals surface area contributed by atoms with Crippen LogP contribution in [0.3, 0.4) is 0 Å². The Morgan fingerprint density at radius 2 is 1.02 bits per heavy atom. The number of fused-ring (bicyclic) bond motifs is 6. The Hall–Kier alpha value is -6.17. The normalized spacial score (nSPS) is 13.6. The maximum absolute atomic E-state index is 5.42. The van der Waals surface area contributed by atoms with Gasteiger partial charge in [-0.1, -0.05) is 147 Å². The van der Waals surface area contributed by atoms with Crippen LogP contribution < -0.4 is 10.4 Å². The first-order valence-electron chi connectivity index (χ1n) is 17.2. The van der Waals surface area contributed by atoms with E-state index >= 15 is 0 Å². The van der Waals surface area contributed by atoms with Gasteiger partial charge < -0.3 is 0 Å². The quantitative estimate of drug-likeness (QED) is 0.178. The van der Waals surface area contributed by atoms with Crippen LogP contribution in [-0.2, 0) is 0 Å². The average molecular weight is 655 g/mol. The third-order valence-electron chi connectivity index (χ3n) is 11.0. The number of hydrogen-bond donors (Lipinski definition) is 0. The molecule has 0 amide bonds. The van der Waals surface area contributed by atoms with Crippen molar-refractivity contribution >= 4 is 51.0 Å². The summed E-state index contributed by atoms with van der Waals surface area (Å²) in [5.41, 5.74) is 11.8. The summed E-state index contributed by atoms with van der Waals surface area (Å²) in [4.78, 5) is 15.9. The molecule has 0 spiro atoms. The van der Waals surface area contributed by atoms with Gasteiger partial charge in [0.2, 0.25) is 5.95 Å². The van der Waals surface area contributed by atoms with E-state index in [4.69, 9.17) is 15.0 Å². The van der Waals surface area contributed by atoms with Crippen molar-refractivity contribution < 1.29 is 0 Å². The molecule has 0 saturated carbocycles. The lowest BCUT2D eigenvalue weighted by atomic mass is 9.93. The molecule has 1 aliphatic heterocycles. The van der Waals surface area contributed by atoms with Crippen molar-refractivity contribution in [3.05, 3.63) is 146 Å². The van der Waals surface area contributed by atoms with Crippen LogP contribution in [0.4, 0.5) is 0 Å². The minimum absolute atomic E-state index is 0.622. The molecule has 0 N–H and O–H groups in total. The van der Waals surface area contributed by atoms with E-state index in [9.17, 15) is 0 Å². The molecule has 234 valence electrons. The van der Waals surface area contributed by atoms with Gasteiger partial charge in [0.15, 0.2) is 11.6 Å². The number of rotatable bonds is 3. The van der Waals surface area contributed by atoms with E-state index in [-0.39, 0.29) is 0 Å². The minimum atomic E-state index is -1.90. The summed E-state index contributed by atoms with van der Waals surface area (Å²) in [6.07, 6.45) is 0. The Bertz CT molecular complexity index is 2900. The van der Waals surface area contributed by atoms with E-state index < -0.39 is 8.07 Å². The first-order valence-corrected chi connectivity index (χ1v) is 20.2. The van der Waals surface area contributed by atoms with E-state index in [1.807, 2.05) is 18.2 Å². The number of nitrogens with zero attached hydrogens (tertiary/aromatic N) is 4. The zero-order chi connectivity index (χ0) is 33.1. The maximum Gasteiger partial charge on any atom is 0.238 e. The SMILES string of the molecule is C[Si]1(C)c2ccccc2-c2c(-c3nc(-c4ccccc4)nc(-n4c5cccc6c5c5c7c(cccc7ccc54)-c4ccccc4-6)n3)cccc21. The van der Waals surface area contributed by atoms with Crippen molar-refractivity contribution in [3.63, 3.8) is 0 Å². The van der Waals surface area contributed by atoms with Gasteiger partial charge in [0.25, 0.3) is 0 Å². The van der Waals surface area contributed by atoms with Gasteiger partial charge in [0.1, 0.15) is 8.07 Å². The van der Waals surface area contributed by atoms with Crippen LogP contribution in [0.5, 0.6) is 0 Å². The highest BCUT2D eigenvalue weighted by Crippen LogP contribution is 2.49. The van der Waals surface area contributed by atoms with Crippen molar-refractivity contribution in [2.45, 2.75) is 13.1 Å². The van der Waals surface area contributed by atoms with Gasteiger partial charge in [0.05, 0.1) is 11.0 Å². The molecule has 0 fully saturated rings. The largest absolute Gasteiger partial charge is 0.278 e. The van der Waals surface area contributed by atoms with E-state index in [2.05, 4.69) is 145 Å². The van der Waals surface area contributed by atoms with E-state index in [1.54, 1.807) is 0 Å². The van der Waals surface area contributed by atoms with Gasteiger partial charge >= 0.3 is 0 Å². The predicted octanol–water partition coefficient (Wildman–Crippen LogP) is 9.91. The number of aromatic nitrogens is 4. The molecular formula is C45H30N4Si. The van der Waals surface area contributed by atoms with Crippen molar-refractivity contribution in [2.75, 3.05) is 0 Å². The monoisotopic (exact) mass is 654 g/mol. The smallest absolute Gasteiger partial charge is 0.238 e. The summed E-state index contributed by atoms with van der Waals surface area (Å²) < 4.78 is 2.27. The molecule has 0 saturated heterocycles. The van der Waals surface area contributed by atoms with Gasteiger partial charge in [-0.15, -0.1) is 0 Å². The molecule has 0 unspecified atom stereocenters. The van der Waals surface area contributed by atoms with Crippen LogP contribution in [0.25, 0.3) is 94.7 Å². The fourth-order valence-corrected chi connectivity index (χ4v) is 11.9. The summed E-state index contributed by atoms with van der Waals surface area (Å²) in [5, 5.41) is 7.87. The Labute approximate surface area is 290 Å². The second-order valence-electron chi connectivity index (χ2n) is 14.0. The zero-order valence-electron chi connectivity index (χ0n) is 27.6. The number of hydrogen-bond acceptors (Lipinski definition) is 3. The number of benzene rings is 7. The molecule has 11 rings (SSSR count). The first kappa shape index (κ1) is 27.7. The van der Waals surface area contributed by atoms with Gasteiger partial charge in [-0.2, -0.15) is 9.97 Å². The Balaban J connectivity index is 1.27. The third-order valence-corrected chi connectivity index (χ3v) is 14.6. The topological polar surface area (TPSA) is 43.6 Å². The minimum Gasteiger partial charge on any atom is -0.278 e. The van der Waals surface area contributed by atoms with E-state index in [1.165, 1.54) is 65.3 Å². The van der Waals surface area contributed by atoms with Crippen molar-refractivity contribution in [3.8, 4) is 62.1 Å². The summed E-state index contributed by atoms with van der Waals surface area (Å²) in [5.74, 6) is 1.98. The Kier molecular flexibility index (Phi) is 5.51. The molecule has 0 bridgehead atoms. The lowest BCUT2D eigenvalue weighted by molar-refractivity contribution is 0.954. The lowest BCUT2D eigenvalue weighted by Gasteiger charge is -2.19. The van der Waals surface area contributed by atoms with Crippen molar-refractivity contribution in [1.29, 1.82) is 0 Å². The first-order chi connectivity index (χ1) is 24.6. The van der Waals surface area contributed by atoms with Gasteiger partial charge in [-0.3, -0.25) is 4.57 Å². The fraction of sp³-hybridized carbons (Fsp3) is 0.0444. The molecule has 7 aromatic carbocycles. The highest BCUT2D eigenvalue weighted by Gasteiger charge is 2.39. The van der Waals surface area contributed by atoms with Gasteiger partial charge in [-0.25, -0.2) is 4.98 Å². The average Bonchev–Trinajstić information content (AvgIpc) is 3.59. The molecule has 2 aliphatic rings. The van der Waals surface area contributed by atoms with Crippen LogP contribution in [0, 0.1) is 0 Å². The van der Waals surface area contributed by atoms with Crippen LogP contribution in [0.15, 0.2) is 146 Å². The standard InChI is InChI=1S/C45H30N4Si/c1-50(2)37-23-9-8-18-33(37)40-34(21-12-24-38(40)50)44-46-43(28-13-4-3-5-14-28)47-45(48-44)49-35-22-11-20-32-30-17-7-6-16-29(30)31-19-10-15-27-25-26-36(49)42(39(27)31)41(32)35/h3-26H,1-2H3. The molecule has 9 aromatic rings. The van der Waals surface area contributed by atoms with E-state index in [0.29, 0.717) is 17.6 Å². The molecule has 5 heteroatoms. The lowest BCUT2D eigenvalue weighted by Crippen LogP contribution is -2.49. The molecule has 50 heavy (non-hydrogen) atoms. The maximum atomic E-state index is 5.42. The van der Waals surface area contributed by atoms with Gasteiger partial charge in [0, 0.05) is 21.9 Å². The molecule has 0 radical (unpaired) electrons. The van der Waals surface area contributed by atoms with E-state index in [0.717, 1.165) is 22.2 Å². The Morgan fingerprint density at radius 1 is 0.420 bits per heavy atom. The van der Waals surface area contributed by atoms with Crippen LogP contribution in [0.1, 0.15) is 0 Å². The second-order valence-corrected chi connectivity index (χ2v) is 18.3. The van der Waals surface area contributed by atoms with Crippen molar-refractivity contribution in [2.24, 2.45) is 0 Å². The van der Waals surface area contributed by atoms with Crippen LogP contribution >= 0.6 is 0 Å². The highest BCUT2D eigenvalue weighted by molar-refractivity contribution is 7.04. The summed E-state index contributed by atoms with van der Waals surface area (Å²) in [6.45, 7) is 4.90. The zero-order valence-corrected chi connectivity index (χ0v) is 28.6. The van der Waals surface area contributed by atoms with Gasteiger partial charge in [-0.05, 0) is 66.7 Å². The van der Waals surface area contributed by atoms with Crippen molar-refractivity contribution in [1.82, 2.24) is 19.5 Å². The molecule has 0 atom stereocenters. The van der Waals surface area contributed by atoms with Crippen LogP contribution in [-0.4, -0.2) is 27.6 Å². The third kappa shape index (κ3) is 3.62. The molecule has 2 aromatic heterocycles. The molecule has 4 nitrogen and oxygen atoms in total. The molecule has 1 aliphatic carbocycles. The predicted molar refractivity (Wildman–Crippen MR) is 209 cm³/mol. The summed E-state index contributed by atoms with van der Waals surface area (Å²) >= 11 is 0. The highest BCUT2D eigenvalue weighted by atomic mass is 28.3. The molecular weight excluding hydrogens is 625 g/mol. The summed E-state index contributed by atoms with van der Waals surface area (Å²) in [7, 11) is -1.90. The Morgan fingerprint density at radius 3 is 1.84 bits per heavy atom. The van der Waals surface area contributed by atoms with Crippen LogP contribution in [0.2, 0.25) is 13.1 Å². The fourth-order valence-electron chi connectivity index (χ4n) is 8.79. The molecule has 3 heterocycles. The summed E-state index contributed by atoms with van der Waals surface area (Å²) in [6, 6.07) is 52.5. The second kappa shape index (κ2) is 9.94.